The Kier molecular flexibility index (Phi) is 6.61. The zero-order valence-corrected chi connectivity index (χ0v) is 12.2. The number of carboxylic acids is 1. The normalized spacial score (nSPS) is 13.5. The van der Waals surface area contributed by atoms with Gasteiger partial charge in [-0.05, 0) is 24.1 Å². The van der Waals surface area contributed by atoms with Crippen LogP contribution < -0.4 is 0 Å². The molecule has 0 aliphatic rings. The molecule has 0 aromatic heterocycles. The van der Waals surface area contributed by atoms with Gasteiger partial charge in [-0.2, -0.15) is 0 Å². The van der Waals surface area contributed by atoms with Gasteiger partial charge in [0.25, 0.3) is 0 Å². The number of aliphatic carboxylic acids is 1. The zero-order chi connectivity index (χ0) is 16.0. The van der Waals surface area contributed by atoms with E-state index in [0.717, 1.165) is 0 Å². The second-order valence-corrected chi connectivity index (χ2v) is 4.85. The van der Waals surface area contributed by atoms with Gasteiger partial charge in [-0.1, -0.05) is 23.7 Å². The number of hydrogen-bond donors (Lipinski definition) is 3. The number of rotatable bonds is 7. The summed E-state index contributed by atoms with van der Waals surface area (Å²) in [6.45, 7) is 1.83. The number of carbonyl (C=O) groups is 2. The van der Waals surface area contributed by atoms with Crippen molar-refractivity contribution in [2.45, 2.75) is 32.0 Å². The van der Waals surface area contributed by atoms with Crippen LogP contribution in [0.25, 0.3) is 0 Å². The number of aliphatic hydroxyl groups is 2. The van der Waals surface area contributed by atoms with Gasteiger partial charge >= 0.3 is 11.9 Å². The lowest BCUT2D eigenvalue weighted by Crippen LogP contribution is -2.23. The third-order valence-electron chi connectivity index (χ3n) is 2.81. The van der Waals surface area contributed by atoms with E-state index in [2.05, 4.69) is 4.74 Å². The molecule has 0 spiro atoms. The summed E-state index contributed by atoms with van der Waals surface area (Å²) in [6.07, 6.45) is -3.22. The zero-order valence-electron chi connectivity index (χ0n) is 11.5. The van der Waals surface area contributed by atoms with E-state index in [9.17, 15) is 19.8 Å². The minimum Gasteiger partial charge on any atom is -0.481 e. The molecule has 0 fully saturated rings. The summed E-state index contributed by atoms with van der Waals surface area (Å²) in [4.78, 5) is 21.9. The van der Waals surface area contributed by atoms with Crippen LogP contribution in [0.3, 0.4) is 0 Å². The predicted molar refractivity (Wildman–Crippen MR) is 75.0 cm³/mol. The highest BCUT2D eigenvalue weighted by Crippen LogP contribution is 2.25. The van der Waals surface area contributed by atoms with Crippen molar-refractivity contribution >= 4 is 23.5 Å². The van der Waals surface area contributed by atoms with Gasteiger partial charge in [-0.3, -0.25) is 9.59 Å². The van der Waals surface area contributed by atoms with Gasteiger partial charge in [0.2, 0.25) is 0 Å². The number of benzene rings is 1. The van der Waals surface area contributed by atoms with Crippen molar-refractivity contribution in [3.63, 3.8) is 0 Å². The molecule has 0 bridgehead atoms. The molecular weight excluding hydrogens is 300 g/mol. The van der Waals surface area contributed by atoms with E-state index >= 15 is 0 Å². The summed E-state index contributed by atoms with van der Waals surface area (Å²) in [5.41, 5.74) is 0.700. The molecular formula is C14H17ClO6. The maximum absolute atomic E-state index is 11.2. The molecule has 0 aliphatic carbocycles. The topological polar surface area (TPSA) is 104 Å². The standard InChI is InChI=1S/C14H17ClO6/c1-2-21-13(19)7-11(16)14(20)9-4-3-8(6-12(17)18)10(15)5-9/h3-5,11,14,16,20H,2,6-7H2,1H3,(H,17,18). The summed E-state index contributed by atoms with van der Waals surface area (Å²) in [5, 5.41) is 28.6. The van der Waals surface area contributed by atoms with Gasteiger partial charge in [-0.25, -0.2) is 0 Å². The fourth-order valence-corrected chi connectivity index (χ4v) is 2.03. The molecule has 2 unspecified atom stereocenters. The van der Waals surface area contributed by atoms with Gasteiger partial charge < -0.3 is 20.1 Å². The predicted octanol–water partition coefficient (Wildman–Crippen LogP) is 1.31. The van der Waals surface area contributed by atoms with E-state index in [1.807, 2.05) is 0 Å². The maximum atomic E-state index is 11.2. The average Bonchev–Trinajstić information content (AvgIpc) is 2.40. The number of esters is 1. The molecule has 0 saturated heterocycles. The van der Waals surface area contributed by atoms with E-state index in [1.54, 1.807) is 6.92 Å². The highest BCUT2D eigenvalue weighted by Gasteiger charge is 2.22. The second-order valence-electron chi connectivity index (χ2n) is 4.44. The lowest BCUT2D eigenvalue weighted by atomic mass is 10.00. The summed E-state index contributed by atoms with van der Waals surface area (Å²) in [6, 6.07) is 4.30. The molecule has 0 radical (unpaired) electrons. The molecule has 2 atom stereocenters. The molecule has 7 heteroatoms. The maximum Gasteiger partial charge on any atom is 0.308 e. The molecule has 6 nitrogen and oxygen atoms in total. The monoisotopic (exact) mass is 316 g/mol. The van der Waals surface area contributed by atoms with Crippen LogP contribution >= 0.6 is 11.6 Å². The highest BCUT2D eigenvalue weighted by molar-refractivity contribution is 6.31. The second kappa shape index (κ2) is 7.97. The van der Waals surface area contributed by atoms with E-state index in [1.165, 1.54) is 18.2 Å². The van der Waals surface area contributed by atoms with Gasteiger partial charge in [0.15, 0.2) is 0 Å². The summed E-state index contributed by atoms with van der Waals surface area (Å²) in [5.74, 6) is -1.63. The van der Waals surface area contributed by atoms with Crippen molar-refractivity contribution in [1.29, 1.82) is 0 Å². The van der Waals surface area contributed by atoms with Crippen molar-refractivity contribution < 1.29 is 29.6 Å². The smallest absolute Gasteiger partial charge is 0.308 e. The van der Waals surface area contributed by atoms with Crippen molar-refractivity contribution in [1.82, 2.24) is 0 Å². The fourth-order valence-electron chi connectivity index (χ4n) is 1.78. The van der Waals surface area contributed by atoms with Gasteiger partial charge in [0.1, 0.15) is 6.10 Å². The number of carbonyl (C=O) groups excluding carboxylic acids is 1. The van der Waals surface area contributed by atoms with Crippen LogP contribution in [-0.2, 0) is 20.7 Å². The number of carboxylic acid groups (broad SMARTS) is 1. The molecule has 1 aromatic carbocycles. The number of halogens is 1. The fraction of sp³-hybridized carbons (Fsp3) is 0.429. The Balaban J connectivity index is 2.78. The Labute approximate surface area is 126 Å². The van der Waals surface area contributed by atoms with E-state index in [0.29, 0.717) is 11.1 Å². The third kappa shape index (κ3) is 5.34. The molecule has 116 valence electrons. The van der Waals surface area contributed by atoms with Crippen LogP contribution in [0.15, 0.2) is 18.2 Å². The first-order valence-corrected chi connectivity index (χ1v) is 6.74. The van der Waals surface area contributed by atoms with Crippen molar-refractivity contribution in [2.24, 2.45) is 0 Å². The van der Waals surface area contributed by atoms with E-state index in [-0.39, 0.29) is 24.5 Å². The Hall–Kier alpha value is -1.63. The Bertz CT molecular complexity index is 516. The number of hydrogen-bond acceptors (Lipinski definition) is 5. The highest BCUT2D eigenvalue weighted by atomic mass is 35.5. The SMILES string of the molecule is CCOC(=O)CC(O)C(O)c1ccc(CC(=O)O)c(Cl)c1. The van der Waals surface area contributed by atoms with Crippen LogP contribution in [0.1, 0.15) is 30.6 Å². The van der Waals surface area contributed by atoms with Gasteiger partial charge in [0, 0.05) is 5.02 Å². The minimum absolute atomic E-state index is 0.178. The molecule has 0 aliphatic heterocycles. The first kappa shape index (κ1) is 17.4. The van der Waals surface area contributed by atoms with Crippen molar-refractivity contribution in [3.8, 4) is 0 Å². The van der Waals surface area contributed by atoms with E-state index in [4.69, 9.17) is 16.7 Å². The van der Waals surface area contributed by atoms with Gasteiger partial charge in [-0.15, -0.1) is 0 Å². The lowest BCUT2D eigenvalue weighted by Gasteiger charge is -2.18. The molecule has 0 amide bonds. The van der Waals surface area contributed by atoms with Crippen molar-refractivity contribution in [2.75, 3.05) is 6.61 Å². The molecule has 0 saturated carbocycles. The van der Waals surface area contributed by atoms with Crippen LogP contribution in [-0.4, -0.2) is 40.0 Å². The van der Waals surface area contributed by atoms with Crippen molar-refractivity contribution in [3.05, 3.63) is 34.3 Å². The van der Waals surface area contributed by atoms with Crippen LogP contribution in [0, 0.1) is 0 Å². The van der Waals surface area contributed by atoms with Crippen LogP contribution in [0.2, 0.25) is 5.02 Å². The van der Waals surface area contributed by atoms with Gasteiger partial charge in [0.05, 0.1) is 25.6 Å². The molecule has 3 N–H and O–H groups in total. The molecule has 1 aromatic rings. The largest absolute Gasteiger partial charge is 0.481 e. The number of ether oxygens (including phenoxy) is 1. The Morgan fingerprint density at radius 1 is 1.33 bits per heavy atom. The Morgan fingerprint density at radius 2 is 2.00 bits per heavy atom. The van der Waals surface area contributed by atoms with Crippen LogP contribution in [0.4, 0.5) is 0 Å². The first-order valence-electron chi connectivity index (χ1n) is 6.37. The Morgan fingerprint density at radius 3 is 2.52 bits per heavy atom. The number of aliphatic hydroxyl groups excluding tert-OH is 2. The van der Waals surface area contributed by atoms with E-state index < -0.39 is 24.1 Å². The summed E-state index contributed by atoms with van der Waals surface area (Å²) >= 11 is 5.93. The van der Waals surface area contributed by atoms with Crippen LogP contribution in [0.5, 0.6) is 0 Å². The lowest BCUT2D eigenvalue weighted by molar-refractivity contribution is -0.147. The average molecular weight is 317 g/mol. The molecule has 21 heavy (non-hydrogen) atoms. The summed E-state index contributed by atoms with van der Waals surface area (Å²) in [7, 11) is 0. The molecule has 1 rings (SSSR count). The quantitative estimate of drug-likeness (QED) is 0.655. The first-order chi connectivity index (χ1) is 9.85. The minimum atomic E-state index is -1.33. The molecule has 0 heterocycles. The third-order valence-corrected chi connectivity index (χ3v) is 3.16. The summed E-state index contributed by atoms with van der Waals surface area (Å²) < 4.78 is 4.68.